The Balaban J connectivity index is 2.79. The number of aliphatic hydroxyl groups is 1. The molecule has 0 saturated heterocycles. The van der Waals surface area contributed by atoms with Crippen molar-refractivity contribution >= 4 is 0 Å². The third kappa shape index (κ3) is 3.33. The zero-order valence-corrected chi connectivity index (χ0v) is 11.9. The molecule has 0 aromatic carbocycles. The lowest BCUT2D eigenvalue weighted by Gasteiger charge is -2.28. The van der Waals surface area contributed by atoms with E-state index in [-0.39, 0.29) is 12.0 Å². The second kappa shape index (κ2) is 6.90. The maximum Gasteiger partial charge on any atom is 0.0631 e. The number of aliphatic hydroxyl groups excluding tert-OH is 1. The van der Waals surface area contributed by atoms with Crippen LogP contribution in [0.4, 0.5) is 0 Å². The fourth-order valence-electron chi connectivity index (χ4n) is 2.30. The van der Waals surface area contributed by atoms with Crippen LogP contribution in [-0.2, 0) is 6.42 Å². The summed E-state index contributed by atoms with van der Waals surface area (Å²) in [5, 5.41) is 14.2. The lowest BCUT2D eigenvalue weighted by atomic mass is 9.81. The van der Waals surface area contributed by atoms with Gasteiger partial charge in [0.1, 0.15) is 0 Å². The Bertz CT molecular complexity index is 332. The standard InChI is InChI=1S/C14H27N3O/c1-4-13(5-2)17-8-7-12(16-17)9-14(6-3,10-15)11-18/h7-8,13,18H,4-6,9-11,15H2,1-3H3. The van der Waals surface area contributed by atoms with Crippen LogP contribution in [0, 0.1) is 5.41 Å². The molecule has 1 unspecified atom stereocenters. The molecule has 0 amide bonds. The molecule has 0 radical (unpaired) electrons. The molecule has 3 N–H and O–H groups in total. The van der Waals surface area contributed by atoms with E-state index >= 15 is 0 Å². The van der Waals surface area contributed by atoms with Gasteiger partial charge in [0, 0.05) is 24.6 Å². The van der Waals surface area contributed by atoms with Gasteiger partial charge in [-0.15, -0.1) is 0 Å². The van der Waals surface area contributed by atoms with Crippen molar-refractivity contribution in [3.05, 3.63) is 18.0 Å². The van der Waals surface area contributed by atoms with Crippen LogP contribution in [0.5, 0.6) is 0 Å². The summed E-state index contributed by atoms with van der Waals surface area (Å²) in [6, 6.07) is 2.52. The van der Waals surface area contributed by atoms with Gasteiger partial charge in [-0.2, -0.15) is 5.10 Å². The molecule has 0 spiro atoms. The Hall–Kier alpha value is -0.870. The third-order valence-corrected chi connectivity index (χ3v) is 4.05. The van der Waals surface area contributed by atoms with Crippen LogP contribution in [0.25, 0.3) is 0 Å². The van der Waals surface area contributed by atoms with Gasteiger partial charge in [-0.05, 0) is 25.3 Å². The van der Waals surface area contributed by atoms with E-state index < -0.39 is 0 Å². The average Bonchev–Trinajstić information content (AvgIpc) is 2.86. The van der Waals surface area contributed by atoms with Crippen LogP contribution in [0.15, 0.2) is 12.3 Å². The largest absolute Gasteiger partial charge is 0.396 e. The Kier molecular flexibility index (Phi) is 5.82. The van der Waals surface area contributed by atoms with Gasteiger partial charge in [0.15, 0.2) is 0 Å². The molecule has 4 heteroatoms. The molecule has 0 fully saturated rings. The van der Waals surface area contributed by atoms with Crippen molar-refractivity contribution in [1.82, 2.24) is 9.78 Å². The van der Waals surface area contributed by atoms with E-state index in [4.69, 9.17) is 5.73 Å². The summed E-state index contributed by atoms with van der Waals surface area (Å²) in [5.41, 5.74) is 6.62. The Morgan fingerprint density at radius 1 is 1.39 bits per heavy atom. The van der Waals surface area contributed by atoms with Gasteiger partial charge in [0.05, 0.1) is 18.3 Å². The molecule has 104 valence electrons. The van der Waals surface area contributed by atoms with E-state index in [9.17, 15) is 5.11 Å². The average molecular weight is 253 g/mol. The van der Waals surface area contributed by atoms with E-state index in [2.05, 4.69) is 25.9 Å². The van der Waals surface area contributed by atoms with Crippen LogP contribution in [-0.4, -0.2) is 28.0 Å². The fourth-order valence-corrected chi connectivity index (χ4v) is 2.30. The highest BCUT2D eigenvalue weighted by molar-refractivity contribution is 5.04. The molecular weight excluding hydrogens is 226 g/mol. The van der Waals surface area contributed by atoms with Crippen LogP contribution < -0.4 is 5.73 Å². The predicted octanol–water partition coefficient (Wildman–Crippen LogP) is 2.13. The predicted molar refractivity (Wildman–Crippen MR) is 74.4 cm³/mol. The number of aromatic nitrogens is 2. The quantitative estimate of drug-likeness (QED) is 0.746. The van der Waals surface area contributed by atoms with E-state index in [0.29, 0.717) is 12.6 Å². The minimum absolute atomic E-state index is 0.123. The molecular formula is C14H27N3O. The number of nitrogens with two attached hydrogens (primary N) is 1. The smallest absolute Gasteiger partial charge is 0.0631 e. The molecule has 1 rings (SSSR count). The zero-order chi connectivity index (χ0) is 13.6. The Morgan fingerprint density at radius 3 is 2.50 bits per heavy atom. The van der Waals surface area contributed by atoms with Gasteiger partial charge < -0.3 is 10.8 Å². The first-order valence-electron chi connectivity index (χ1n) is 6.99. The first kappa shape index (κ1) is 15.2. The fraction of sp³-hybridized carbons (Fsp3) is 0.786. The van der Waals surface area contributed by atoms with Gasteiger partial charge >= 0.3 is 0 Å². The first-order chi connectivity index (χ1) is 8.64. The minimum atomic E-state index is -0.215. The summed E-state index contributed by atoms with van der Waals surface area (Å²) in [7, 11) is 0. The lowest BCUT2D eigenvalue weighted by molar-refractivity contribution is 0.126. The zero-order valence-electron chi connectivity index (χ0n) is 11.9. The summed E-state index contributed by atoms with van der Waals surface area (Å²) in [6.45, 7) is 7.05. The highest BCUT2D eigenvalue weighted by Crippen LogP contribution is 2.25. The number of rotatable bonds is 8. The van der Waals surface area contributed by atoms with Crippen LogP contribution >= 0.6 is 0 Å². The number of nitrogens with zero attached hydrogens (tertiary/aromatic N) is 2. The van der Waals surface area contributed by atoms with Crippen molar-refractivity contribution in [3.8, 4) is 0 Å². The molecule has 0 aliphatic heterocycles. The number of hydrogen-bond donors (Lipinski definition) is 2. The Labute approximate surface area is 110 Å². The minimum Gasteiger partial charge on any atom is -0.396 e. The van der Waals surface area contributed by atoms with Gasteiger partial charge in [0.25, 0.3) is 0 Å². The number of hydrogen-bond acceptors (Lipinski definition) is 3. The summed E-state index contributed by atoms with van der Waals surface area (Å²) in [4.78, 5) is 0. The SMILES string of the molecule is CCC(CC)n1ccc(CC(CC)(CN)CO)n1. The first-order valence-corrected chi connectivity index (χ1v) is 6.99. The van der Waals surface area contributed by atoms with Gasteiger partial charge in [-0.1, -0.05) is 20.8 Å². The highest BCUT2D eigenvalue weighted by atomic mass is 16.3. The van der Waals surface area contributed by atoms with Crippen molar-refractivity contribution in [2.45, 2.75) is 52.5 Å². The second-order valence-corrected chi connectivity index (χ2v) is 5.15. The summed E-state index contributed by atoms with van der Waals surface area (Å²) in [5.74, 6) is 0. The van der Waals surface area contributed by atoms with Crippen LogP contribution in [0.2, 0.25) is 0 Å². The van der Waals surface area contributed by atoms with E-state index in [1.54, 1.807) is 0 Å². The molecule has 0 aliphatic carbocycles. The van der Waals surface area contributed by atoms with Crippen molar-refractivity contribution in [2.75, 3.05) is 13.2 Å². The topological polar surface area (TPSA) is 64.1 Å². The van der Waals surface area contributed by atoms with E-state index in [0.717, 1.165) is 31.4 Å². The molecule has 1 aromatic rings. The van der Waals surface area contributed by atoms with E-state index in [1.807, 2.05) is 16.9 Å². The van der Waals surface area contributed by atoms with E-state index in [1.165, 1.54) is 0 Å². The maximum absolute atomic E-state index is 9.53. The molecule has 0 aliphatic rings. The maximum atomic E-state index is 9.53. The van der Waals surface area contributed by atoms with Crippen molar-refractivity contribution < 1.29 is 5.11 Å². The van der Waals surface area contributed by atoms with Crippen molar-refractivity contribution in [1.29, 1.82) is 0 Å². The molecule has 0 saturated carbocycles. The third-order valence-electron chi connectivity index (χ3n) is 4.05. The van der Waals surface area contributed by atoms with Crippen LogP contribution in [0.1, 0.15) is 51.8 Å². The van der Waals surface area contributed by atoms with Gasteiger partial charge in [0.2, 0.25) is 0 Å². The molecule has 0 bridgehead atoms. The lowest BCUT2D eigenvalue weighted by Crippen LogP contribution is -2.36. The van der Waals surface area contributed by atoms with Gasteiger partial charge in [-0.3, -0.25) is 4.68 Å². The normalized spacial score (nSPS) is 15.0. The molecule has 1 atom stereocenters. The van der Waals surface area contributed by atoms with Crippen molar-refractivity contribution in [3.63, 3.8) is 0 Å². The Morgan fingerprint density at radius 2 is 2.06 bits per heavy atom. The van der Waals surface area contributed by atoms with Crippen LogP contribution in [0.3, 0.4) is 0 Å². The molecule has 4 nitrogen and oxygen atoms in total. The van der Waals surface area contributed by atoms with Crippen molar-refractivity contribution in [2.24, 2.45) is 11.1 Å². The second-order valence-electron chi connectivity index (χ2n) is 5.15. The molecule has 1 aromatic heterocycles. The summed E-state index contributed by atoms with van der Waals surface area (Å²) in [6.07, 6.45) is 5.85. The molecule has 1 heterocycles. The summed E-state index contributed by atoms with van der Waals surface area (Å²) < 4.78 is 2.05. The molecule has 18 heavy (non-hydrogen) atoms. The van der Waals surface area contributed by atoms with Gasteiger partial charge in [-0.25, -0.2) is 0 Å². The monoisotopic (exact) mass is 253 g/mol. The summed E-state index contributed by atoms with van der Waals surface area (Å²) >= 11 is 0. The highest BCUT2D eigenvalue weighted by Gasteiger charge is 2.27.